The Hall–Kier alpha value is -3.74. The van der Waals surface area contributed by atoms with Crippen LogP contribution in [0.1, 0.15) is 55.3 Å². The molecule has 0 saturated carbocycles. The van der Waals surface area contributed by atoms with E-state index < -0.39 is 0 Å². The summed E-state index contributed by atoms with van der Waals surface area (Å²) in [6.07, 6.45) is 13.5. The Morgan fingerprint density at radius 2 is 1.86 bits per heavy atom. The number of hydrogen-bond donors (Lipinski definition) is 0. The van der Waals surface area contributed by atoms with Gasteiger partial charge in [-0.1, -0.05) is 30.4 Å². The topological polar surface area (TPSA) is 77.4 Å². The van der Waals surface area contributed by atoms with Crippen LogP contribution >= 0.6 is 0 Å². The highest BCUT2D eigenvalue weighted by atomic mass is 16.5. The van der Waals surface area contributed by atoms with Crippen molar-refractivity contribution in [2.24, 2.45) is 0 Å². The van der Waals surface area contributed by atoms with Gasteiger partial charge < -0.3 is 14.4 Å². The lowest BCUT2D eigenvalue weighted by atomic mass is 9.97. The van der Waals surface area contributed by atoms with Gasteiger partial charge in [-0.05, 0) is 68.0 Å². The SMILES string of the molecule is CCOC(=O)CC(C=CCCCCc1cccc(N(C)Cc2ccc(OC)cc2)n1)c1cncnc1. The number of methoxy groups -OCH3 is 1. The fraction of sp³-hybridized carbons (Fsp3) is 0.379. The minimum atomic E-state index is -0.209. The molecule has 0 bridgehead atoms. The van der Waals surface area contributed by atoms with Gasteiger partial charge in [-0.25, -0.2) is 15.0 Å². The Bertz CT molecular complexity index is 1090. The van der Waals surface area contributed by atoms with Crippen molar-refractivity contribution in [2.45, 2.75) is 51.5 Å². The summed E-state index contributed by atoms with van der Waals surface area (Å²) in [5, 5.41) is 0. The van der Waals surface area contributed by atoms with Gasteiger partial charge in [0.1, 0.15) is 17.9 Å². The second-order valence-electron chi connectivity index (χ2n) is 8.65. The average molecular weight is 489 g/mol. The van der Waals surface area contributed by atoms with Crippen LogP contribution in [0.5, 0.6) is 5.75 Å². The molecule has 1 aromatic carbocycles. The summed E-state index contributed by atoms with van der Waals surface area (Å²) in [4.78, 5) is 27.2. The molecule has 0 saturated heterocycles. The lowest BCUT2D eigenvalue weighted by Crippen LogP contribution is -2.18. The molecule has 0 radical (unpaired) electrons. The summed E-state index contributed by atoms with van der Waals surface area (Å²) in [5.74, 6) is 1.54. The number of carbonyl (C=O) groups is 1. The normalized spacial score (nSPS) is 11.9. The predicted molar refractivity (Wildman–Crippen MR) is 142 cm³/mol. The number of carbonyl (C=O) groups excluding carboxylic acids is 1. The Balaban J connectivity index is 1.47. The molecule has 7 heteroatoms. The van der Waals surface area contributed by atoms with Crippen LogP contribution in [0.2, 0.25) is 0 Å². The van der Waals surface area contributed by atoms with E-state index in [-0.39, 0.29) is 11.9 Å². The number of anilines is 1. The molecule has 3 aromatic rings. The zero-order chi connectivity index (χ0) is 25.6. The van der Waals surface area contributed by atoms with E-state index in [4.69, 9.17) is 14.5 Å². The third-order valence-corrected chi connectivity index (χ3v) is 5.88. The third-order valence-electron chi connectivity index (χ3n) is 5.88. The first-order valence-electron chi connectivity index (χ1n) is 12.5. The first-order chi connectivity index (χ1) is 17.6. The minimum Gasteiger partial charge on any atom is -0.497 e. The van der Waals surface area contributed by atoms with Crippen molar-refractivity contribution >= 4 is 11.8 Å². The number of ether oxygens (including phenoxy) is 2. The number of unbranched alkanes of at least 4 members (excludes halogenated alkanes) is 2. The first kappa shape index (κ1) is 26.9. The van der Waals surface area contributed by atoms with Gasteiger partial charge in [0, 0.05) is 37.6 Å². The molecule has 0 amide bonds. The lowest BCUT2D eigenvalue weighted by molar-refractivity contribution is -0.143. The van der Waals surface area contributed by atoms with Crippen LogP contribution in [0.3, 0.4) is 0 Å². The summed E-state index contributed by atoms with van der Waals surface area (Å²) in [7, 11) is 3.74. The molecule has 2 heterocycles. The summed E-state index contributed by atoms with van der Waals surface area (Å²) in [6, 6.07) is 14.3. The Morgan fingerprint density at radius 3 is 2.58 bits per heavy atom. The highest BCUT2D eigenvalue weighted by Gasteiger charge is 2.14. The van der Waals surface area contributed by atoms with Crippen molar-refractivity contribution < 1.29 is 14.3 Å². The summed E-state index contributed by atoms with van der Waals surface area (Å²) >= 11 is 0. The van der Waals surface area contributed by atoms with Gasteiger partial charge in [0.15, 0.2) is 0 Å². The molecule has 0 fully saturated rings. The van der Waals surface area contributed by atoms with Gasteiger partial charge in [0.2, 0.25) is 0 Å². The van der Waals surface area contributed by atoms with Crippen LogP contribution in [-0.4, -0.2) is 41.7 Å². The standard InChI is InChI=1S/C29H36N4O3/c1-4-36-29(34)18-24(25-19-30-22-31-20-25)10-7-5-6-8-11-26-12-9-13-28(32-26)33(2)21-23-14-16-27(35-3)17-15-23/h7,9-10,12-17,19-20,22,24H,4-6,8,11,18,21H2,1-3H3. The van der Waals surface area contributed by atoms with Crippen LogP contribution in [0.4, 0.5) is 5.82 Å². The van der Waals surface area contributed by atoms with E-state index in [9.17, 15) is 4.79 Å². The predicted octanol–water partition coefficient (Wildman–Crippen LogP) is 5.52. The number of aromatic nitrogens is 3. The fourth-order valence-corrected chi connectivity index (χ4v) is 3.93. The molecule has 0 aliphatic rings. The van der Waals surface area contributed by atoms with E-state index in [1.165, 1.54) is 11.9 Å². The molecule has 7 nitrogen and oxygen atoms in total. The summed E-state index contributed by atoms with van der Waals surface area (Å²) in [5.41, 5.74) is 3.22. The summed E-state index contributed by atoms with van der Waals surface area (Å²) in [6.45, 7) is 2.98. The number of nitrogens with zero attached hydrogens (tertiary/aromatic N) is 4. The molecule has 2 aromatic heterocycles. The van der Waals surface area contributed by atoms with Crippen molar-refractivity contribution in [2.75, 3.05) is 25.7 Å². The third kappa shape index (κ3) is 8.80. The van der Waals surface area contributed by atoms with E-state index >= 15 is 0 Å². The van der Waals surface area contributed by atoms with Crippen molar-refractivity contribution in [3.63, 3.8) is 0 Å². The number of hydrogen-bond acceptors (Lipinski definition) is 7. The second kappa shape index (κ2) is 14.6. The average Bonchev–Trinajstić information content (AvgIpc) is 2.91. The Labute approximate surface area is 214 Å². The molecule has 0 aliphatic heterocycles. The molecule has 1 unspecified atom stereocenters. The molecular weight excluding hydrogens is 452 g/mol. The first-order valence-corrected chi connectivity index (χ1v) is 12.5. The highest BCUT2D eigenvalue weighted by molar-refractivity contribution is 5.71. The molecule has 0 aliphatic carbocycles. The lowest BCUT2D eigenvalue weighted by Gasteiger charge is -2.19. The van der Waals surface area contributed by atoms with E-state index in [2.05, 4.69) is 58.3 Å². The molecule has 3 rings (SSSR count). The molecular formula is C29H36N4O3. The number of aryl methyl sites for hydroxylation is 1. The highest BCUT2D eigenvalue weighted by Crippen LogP contribution is 2.21. The van der Waals surface area contributed by atoms with Crippen LogP contribution in [0.15, 0.2) is 73.3 Å². The quantitative estimate of drug-likeness (QED) is 0.168. The maximum Gasteiger partial charge on any atom is 0.306 e. The Morgan fingerprint density at radius 1 is 1.08 bits per heavy atom. The minimum absolute atomic E-state index is 0.0789. The van der Waals surface area contributed by atoms with Gasteiger partial charge in [-0.3, -0.25) is 4.79 Å². The second-order valence-corrected chi connectivity index (χ2v) is 8.65. The largest absolute Gasteiger partial charge is 0.497 e. The van der Waals surface area contributed by atoms with Crippen LogP contribution in [0, 0.1) is 0 Å². The van der Waals surface area contributed by atoms with E-state index in [0.29, 0.717) is 13.0 Å². The van der Waals surface area contributed by atoms with Crippen molar-refractivity contribution in [3.8, 4) is 5.75 Å². The van der Waals surface area contributed by atoms with E-state index in [1.807, 2.05) is 25.1 Å². The number of benzene rings is 1. The van der Waals surface area contributed by atoms with Crippen molar-refractivity contribution in [3.05, 3.63) is 90.2 Å². The van der Waals surface area contributed by atoms with E-state index in [1.54, 1.807) is 19.5 Å². The molecule has 0 N–H and O–H groups in total. The van der Waals surface area contributed by atoms with Gasteiger partial charge in [0.05, 0.1) is 20.1 Å². The maximum atomic E-state index is 12.0. The fourth-order valence-electron chi connectivity index (χ4n) is 3.93. The maximum absolute atomic E-state index is 12.0. The van der Waals surface area contributed by atoms with Crippen molar-refractivity contribution in [1.29, 1.82) is 0 Å². The Kier molecular flexibility index (Phi) is 10.9. The van der Waals surface area contributed by atoms with Crippen LogP contribution in [0.25, 0.3) is 0 Å². The monoisotopic (exact) mass is 488 g/mol. The number of rotatable bonds is 14. The zero-order valence-corrected chi connectivity index (χ0v) is 21.5. The molecule has 36 heavy (non-hydrogen) atoms. The van der Waals surface area contributed by atoms with Crippen molar-refractivity contribution in [1.82, 2.24) is 15.0 Å². The van der Waals surface area contributed by atoms with Gasteiger partial charge in [-0.2, -0.15) is 0 Å². The zero-order valence-electron chi connectivity index (χ0n) is 21.5. The van der Waals surface area contributed by atoms with Gasteiger partial charge in [-0.15, -0.1) is 0 Å². The smallest absolute Gasteiger partial charge is 0.306 e. The number of esters is 1. The molecule has 1 atom stereocenters. The van der Waals surface area contributed by atoms with Gasteiger partial charge in [0.25, 0.3) is 0 Å². The van der Waals surface area contributed by atoms with Gasteiger partial charge >= 0.3 is 5.97 Å². The van der Waals surface area contributed by atoms with Crippen LogP contribution in [-0.2, 0) is 22.5 Å². The van der Waals surface area contributed by atoms with E-state index in [0.717, 1.165) is 55.1 Å². The molecule has 190 valence electrons. The number of allylic oxidation sites excluding steroid dienone is 2. The molecule has 0 spiro atoms. The summed E-state index contributed by atoms with van der Waals surface area (Å²) < 4.78 is 10.4. The number of pyridine rings is 1. The van der Waals surface area contributed by atoms with Crippen LogP contribution < -0.4 is 9.64 Å².